The van der Waals surface area contributed by atoms with Crippen molar-refractivity contribution in [2.75, 3.05) is 11.7 Å². The molecule has 0 aliphatic carbocycles. The molecule has 1 aromatic carbocycles. The van der Waals surface area contributed by atoms with Gasteiger partial charge in [0.2, 0.25) is 6.41 Å². The zero-order chi connectivity index (χ0) is 16.4. The third-order valence-electron chi connectivity index (χ3n) is 3.29. The summed E-state index contributed by atoms with van der Waals surface area (Å²) in [6, 6.07) is 3.84. The number of carboxylic acids is 1. The van der Waals surface area contributed by atoms with Crippen molar-refractivity contribution in [2.24, 2.45) is 0 Å². The predicted molar refractivity (Wildman–Crippen MR) is 82.9 cm³/mol. The normalized spacial score (nSPS) is 9.96. The van der Waals surface area contributed by atoms with Crippen molar-refractivity contribution in [3.63, 3.8) is 0 Å². The molecule has 1 rings (SSSR count). The number of carboxylic acid groups (broad SMARTS) is 1. The smallest absolute Gasteiger partial charge is 0.339 e. The summed E-state index contributed by atoms with van der Waals surface area (Å²) < 4.78 is 0. The van der Waals surface area contributed by atoms with Crippen molar-refractivity contribution >= 4 is 18.1 Å². The number of aromatic carboxylic acids is 1. The zero-order valence-corrected chi connectivity index (χ0v) is 16.5. The first-order valence-corrected chi connectivity index (χ1v) is 7.54. The molecule has 1 aromatic rings. The molecule has 0 bridgehead atoms. The van der Waals surface area contributed by atoms with Gasteiger partial charge >= 0.3 is 5.97 Å². The number of amides is 1. The van der Waals surface area contributed by atoms with Crippen LogP contribution in [0.2, 0.25) is 0 Å². The number of hydrogen-bond donors (Lipinski definition) is 2. The fraction of sp³-hybridized carbons (Fsp3) is 0.500. The maximum Gasteiger partial charge on any atom is 0.339 e. The molecule has 0 unspecified atom stereocenters. The number of rotatable bonds is 11. The quantitative estimate of drug-likeness (QED) is 0.268. The fourth-order valence-electron chi connectivity index (χ4n) is 2.05. The Kier molecular flexibility index (Phi) is 11.3. The summed E-state index contributed by atoms with van der Waals surface area (Å²) >= 11 is 0. The minimum atomic E-state index is -1.23. The SMILES string of the molecule is CCCCCCCCON(C=O)c1ccc(C(=O)O)c(O)c1.[Zn]. The number of benzene rings is 1. The van der Waals surface area contributed by atoms with Crippen LogP contribution in [0.3, 0.4) is 0 Å². The third-order valence-corrected chi connectivity index (χ3v) is 3.29. The molecule has 0 atom stereocenters. The van der Waals surface area contributed by atoms with Crippen LogP contribution < -0.4 is 5.06 Å². The summed E-state index contributed by atoms with van der Waals surface area (Å²) in [5.74, 6) is -1.63. The van der Waals surface area contributed by atoms with Gasteiger partial charge in [0.1, 0.15) is 11.3 Å². The Labute approximate surface area is 149 Å². The monoisotopic (exact) mass is 373 g/mol. The van der Waals surface area contributed by atoms with Gasteiger partial charge in [-0.05, 0) is 18.6 Å². The van der Waals surface area contributed by atoms with Gasteiger partial charge in [-0.2, -0.15) is 5.06 Å². The van der Waals surface area contributed by atoms with Gasteiger partial charge in [0.25, 0.3) is 0 Å². The number of hydrogen-bond acceptors (Lipinski definition) is 4. The summed E-state index contributed by atoms with van der Waals surface area (Å²) in [5.41, 5.74) is 0.0778. The Morgan fingerprint density at radius 1 is 1.22 bits per heavy atom. The molecule has 2 N–H and O–H groups in total. The van der Waals surface area contributed by atoms with Crippen LogP contribution in [0.15, 0.2) is 18.2 Å². The standard InChI is InChI=1S/C16H23NO5.Zn/c1-2-3-4-5-6-7-10-22-17(12-18)13-8-9-14(16(20)21)15(19)11-13;/h8-9,11-12,19H,2-7,10H2,1H3,(H,20,21);. The van der Waals surface area contributed by atoms with Crippen molar-refractivity contribution in [1.82, 2.24) is 0 Å². The number of aromatic hydroxyl groups is 1. The van der Waals surface area contributed by atoms with Crippen molar-refractivity contribution < 1.29 is 44.1 Å². The zero-order valence-electron chi connectivity index (χ0n) is 13.5. The van der Waals surface area contributed by atoms with E-state index in [9.17, 15) is 14.7 Å². The van der Waals surface area contributed by atoms with Gasteiger partial charge in [0.05, 0.1) is 12.3 Å². The number of anilines is 1. The number of carbonyl (C=O) groups excluding carboxylic acids is 1. The fourth-order valence-corrected chi connectivity index (χ4v) is 2.05. The van der Waals surface area contributed by atoms with E-state index in [0.717, 1.165) is 24.3 Å². The van der Waals surface area contributed by atoms with Crippen molar-refractivity contribution in [3.05, 3.63) is 23.8 Å². The third kappa shape index (κ3) is 7.57. The first-order valence-electron chi connectivity index (χ1n) is 7.54. The van der Waals surface area contributed by atoms with Crippen LogP contribution in [0.25, 0.3) is 0 Å². The van der Waals surface area contributed by atoms with E-state index in [2.05, 4.69) is 6.92 Å². The maximum atomic E-state index is 11.0. The van der Waals surface area contributed by atoms with Gasteiger partial charge in [-0.25, -0.2) is 4.79 Å². The molecule has 0 aromatic heterocycles. The van der Waals surface area contributed by atoms with E-state index < -0.39 is 11.7 Å². The van der Waals surface area contributed by atoms with E-state index in [-0.39, 0.29) is 25.0 Å². The van der Waals surface area contributed by atoms with E-state index in [1.54, 1.807) is 0 Å². The van der Waals surface area contributed by atoms with E-state index in [4.69, 9.17) is 9.94 Å². The molecule has 124 valence electrons. The molecular formula is C16H23NO5Zn. The average molecular weight is 375 g/mol. The van der Waals surface area contributed by atoms with Crippen LogP contribution in [-0.2, 0) is 29.1 Å². The van der Waals surface area contributed by atoms with Gasteiger partial charge in [-0.1, -0.05) is 39.0 Å². The Hall–Kier alpha value is -1.46. The number of phenols is 1. The van der Waals surface area contributed by atoms with Gasteiger partial charge in [-0.15, -0.1) is 0 Å². The second-order valence-corrected chi connectivity index (χ2v) is 5.04. The predicted octanol–water partition coefficient (Wildman–Crippen LogP) is 3.34. The van der Waals surface area contributed by atoms with E-state index >= 15 is 0 Å². The number of unbranched alkanes of at least 4 members (excludes halogenated alkanes) is 5. The second kappa shape index (κ2) is 12.0. The Bertz CT molecular complexity index is 495. The maximum absolute atomic E-state index is 11.0. The molecule has 7 heteroatoms. The van der Waals surface area contributed by atoms with Gasteiger partial charge in [0.15, 0.2) is 0 Å². The summed E-state index contributed by atoms with van der Waals surface area (Å²) in [4.78, 5) is 27.2. The molecule has 0 fully saturated rings. The molecule has 0 aliphatic rings. The van der Waals surface area contributed by atoms with Crippen LogP contribution in [0.4, 0.5) is 5.69 Å². The summed E-state index contributed by atoms with van der Waals surface area (Å²) in [6.07, 6.45) is 7.15. The second-order valence-electron chi connectivity index (χ2n) is 5.04. The molecule has 0 radical (unpaired) electrons. The summed E-state index contributed by atoms with van der Waals surface area (Å²) in [7, 11) is 0. The van der Waals surface area contributed by atoms with Crippen LogP contribution >= 0.6 is 0 Å². The molecule has 0 spiro atoms. The molecule has 23 heavy (non-hydrogen) atoms. The van der Waals surface area contributed by atoms with E-state index in [1.165, 1.54) is 37.5 Å². The van der Waals surface area contributed by atoms with Crippen molar-refractivity contribution in [2.45, 2.75) is 45.4 Å². The van der Waals surface area contributed by atoms with E-state index in [1.807, 2.05) is 0 Å². The molecule has 0 heterocycles. The Morgan fingerprint density at radius 3 is 2.43 bits per heavy atom. The van der Waals surface area contributed by atoms with Crippen LogP contribution in [0.1, 0.15) is 55.8 Å². The largest absolute Gasteiger partial charge is 0.507 e. The molecule has 6 nitrogen and oxygen atoms in total. The van der Waals surface area contributed by atoms with Crippen molar-refractivity contribution in [3.8, 4) is 5.75 Å². The van der Waals surface area contributed by atoms with Gasteiger partial charge in [-0.3, -0.25) is 9.63 Å². The molecule has 1 amide bonds. The van der Waals surface area contributed by atoms with Crippen molar-refractivity contribution in [1.29, 1.82) is 0 Å². The minimum Gasteiger partial charge on any atom is -0.507 e. The summed E-state index contributed by atoms with van der Waals surface area (Å²) in [5, 5.41) is 19.5. The molecule has 0 saturated carbocycles. The minimum absolute atomic E-state index is 0. The first-order chi connectivity index (χ1) is 10.6. The van der Waals surface area contributed by atoms with Crippen LogP contribution in [-0.4, -0.2) is 29.2 Å². The Balaban J connectivity index is 0.00000484. The summed E-state index contributed by atoms with van der Waals surface area (Å²) in [6.45, 7) is 2.56. The number of hydroxylamine groups is 1. The van der Waals surface area contributed by atoms with E-state index in [0.29, 0.717) is 18.7 Å². The average Bonchev–Trinajstić information content (AvgIpc) is 2.49. The molecule has 0 aliphatic heterocycles. The first kappa shape index (κ1) is 21.5. The molecule has 0 saturated heterocycles. The molecular weight excluding hydrogens is 352 g/mol. The van der Waals surface area contributed by atoms with Gasteiger partial charge in [0, 0.05) is 25.5 Å². The van der Waals surface area contributed by atoms with Crippen LogP contribution in [0.5, 0.6) is 5.75 Å². The Morgan fingerprint density at radius 2 is 1.87 bits per heavy atom. The van der Waals surface area contributed by atoms with Crippen LogP contribution in [0, 0.1) is 0 Å². The van der Waals surface area contributed by atoms with Gasteiger partial charge < -0.3 is 10.2 Å². The topological polar surface area (TPSA) is 87.1 Å². The number of nitrogens with zero attached hydrogens (tertiary/aromatic N) is 1. The number of carbonyl (C=O) groups is 2.